The lowest BCUT2D eigenvalue weighted by molar-refractivity contribution is 0.462. The van der Waals surface area contributed by atoms with Crippen LogP contribution in [0.4, 0.5) is 0 Å². The number of phenols is 1. The molecule has 0 atom stereocenters. The number of phenolic OH excluding ortho intramolecular Hbond substituents is 1. The summed E-state index contributed by atoms with van der Waals surface area (Å²) < 4.78 is 0. The van der Waals surface area contributed by atoms with E-state index in [1.807, 2.05) is 12.1 Å². The van der Waals surface area contributed by atoms with Gasteiger partial charge in [-0.15, -0.1) is 0 Å². The number of hydrogen-bond acceptors (Lipinski definition) is 2. The molecule has 0 saturated heterocycles. The topological polar surface area (TPSA) is 46.2 Å². The quantitative estimate of drug-likeness (QED) is 0.774. The molecule has 1 aromatic carbocycles. The van der Waals surface area contributed by atoms with Crippen LogP contribution in [-0.2, 0) is 12.8 Å². The van der Waals surface area contributed by atoms with Crippen molar-refractivity contribution >= 4 is 6.08 Å². The highest BCUT2D eigenvalue weighted by atomic mass is 16.3. The smallest absolute Gasteiger partial charge is 0.119 e. The third kappa shape index (κ3) is 2.05. The maximum absolute atomic E-state index is 9.76. The number of fused-ring (bicyclic) bond motifs is 1. The van der Waals surface area contributed by atoms with Crippen molar-refractivity contribution in [1.29, 1.82) is 0 Å². The Balaban J connectivity index is 2.43. The first-order chi connectivity index (χ1) is 7.33. The molecule has 2 heteroatoms. The van der Waals surface area contributed by atoms with Gasteiger partial charge in [-0.3, -0.25) is 0 Å². The van der Waals surface area contributed by atoms with Crippen molar-refractivity contribution in [2.75, 3.05) is 6.54 Å². The summed E-state index contributed by atoms with van der Waals surface area (Å²) in [4.78, 5) is 0. The predicted octanol–water partition coefficient (Wildman–Crippen LogP) is 2.24. The zero-order chi connectivity index (χ0) is 10.7. The van der Waals surface area contributed by atoms with E-state index in [-0.39, 0.29) is 0 Å². The van der Waals surface area contributed by atoms with Gasteiger partial charge in [0.1, 0.15) is 5.75 Å². The molecule has 0 bridgehead atoms. The second kappa shape index (κ2) is 4.49. The fourth-order valence-electron chi connectivity index (χ4n) is 2.23. The normalized spacial score (nSPS) is 15.5. The fraction of sp³-hybridized carbons (Fsp3) is 0.385. The molecule has 0 heterocycles. The molecule has 80 valence electrons. The van der Waals surface area contributed by atoms with Gasteiger partial charge in [-0.25, -0.2) is 0 Å². The summed E-state index contributed by atoms with van der Waals surface area (Å²) in [5.74, 6) is 0.453. The molecule has 1 aliphatic rings. The Morgan fingerprint density at radius 2 is 1.93 bits per heavy atom. The SMILES string of the molecule is NC/C=C/c1ccc(O)c2c1CCCC2. The Labute approximate surface area is 90.4 Å². The van der Waals surface area contributed by atoms with Crippen molar-refractivity contribution in [3.8, 4) is 5.75 Å². The van der Waals surface area contributed by atoms with Crippen molar-refractivity contribution in [3.63, 3.8) is 0 Å². The average Bonchev–Trinajstić information content (AvgIpc) is 2.29. The highest BCUT2D eigenvalue weighted by Gasteiger charge is 2.15. The van der Waals surface area contributed by atoms with Gasteiger partial charge in [-0.1, -0.05) is 18.2 Å². The number of benzene rings is 1. The molecular formula is C13H17NO. The van der Waals surface area contributed by atoms with E-state index in [0.29, 0.717) is 12.3 Å². The summed E-state index contributed by atoms with van der Waals surface area (Å²) in [6.45, 7) is 0.565. The number of nitrogens with two attached hydrogens (primary N) is 1. The number of aromatic hydroxyl groups is 1. The van der Waals surface area contributed by atoms with Crippen LogP contribution < -0.4 is 5.73 Å². The highest BCUT2D eigenvalue weighted by molar-refractivity contribution is 5.59. The van der Waals surface area contributed by atoms with E-state index >= 15 is 0 Å². The van der Waals surface area contributed by atoms with Crippen molar-refractivity contribution in [3.05, 3.63) is 34.9 Å². The third-order valence-corrected chi connectivity index (χ3v) is 2.98. The van der Waals surface area contributed by atoms with Crippen LogP contribution in [0.25, 0.3) is 6.08 Å². The van der Waals surface area contributed by atoms with Crippen molar-refractivity contribution in [2.24, 2.45) is 5.73 Å². The molecule has 0 radical (unpaired) electrons. The van der Waals surface area contributed by atoms with Crippen LogP contribution in [0.3, 0.4) is 0 Å². The monoisotopic (exact) mass is 203 g/mol. The van der Waals surface area contributed by atoms with Gasteiger partial charge in [0.15, 0.2) is 0 Å². The fourth-order valence-corrected chi connectivity index (χ4v) is 2.23. The second-order valence-corrected chi connectivity index (χ2v) is 3.98. The molecule has 0 amide bonds. The Morgan fingerprint density at radius 1 is 1.20 bits per heavy atom. The molecule has 0 unspecified atom stereocenters. The van der Waals surface area contributed by atoms with Gasteiger partial charge in [-0.05, 0) is 48.4 Å². The molecular weight excluding hydrogens is 186 g/mol. The van der Waals surface area contributed by atoms with Crippen LogP contribution in [0, 0.1) is 0 Å². The molecule has 0 spiro atoms. The van der Waals surface area contributed by atoms with E-state index in [1.54, 1.807) is 6.07 Å². The van der Waals surface area contributed by atoms with Gasteiger partial charge in [0.2, 0.25) is 0 Å². The molecule has 1 aromatic rings. The van der Waals surface area contributed by atoms with Crippen molar-refractivity contribution in [1.82, 2.24) is 0 Å². The summed E-state index contributed by atoms with van der Waals surface area (Å²) in [6, 6.07) is 3.77. The van der Waals surface area contributed by atoms with Crippen LogP contribution in [0.15, 0.2) is 18.2 Å². The van der Waals surface area contributed by atoms with E-state index in [0.717, 1.165) is 18.4 Å². The molecule has 0 fully saturated rings. The lowest BCUT2D eigenvalue weighted by Gasteiger charge is -2.19. The van der Waals surface area contributed by atoms with Gasteiger partial charge in [-0.2, -0.15) is 0 Å². The molecule has 15 heavy (non-hydrogen) atoms. The van der Waals surface area contributed by atoms with Crippen LogP contribution in [0.5, 0.6) is 5.75 Å². The summed E-state index contributed by atoms with van der Waals surface area (Å²) >= 11 is 0. The Bertz CT molecular complexity index is 382. The first kappa shape index (κ1) is 10.2. The maximum Gasteiger partial charge on any atom is 0.119 e. The van der Waals surface area contributed by atoms with Gasteiger partial charge in [0.05, 0.1) is 0 Å². The molecule has 3 N–H and O–H groups in total. The molecule has 0 aliphatic heterocycles. The van der Waals surface area contributed by atoms with Crippen molar-refractivity contribution < 1.29 is 5.11 Å². The largest absolute Gasteiger partial charge is 0.508 e. The zero-order valence-corrected chi connectivity index (χ0v) is 8.87. The van der Waals surface area contributed by atoms with Crippen molar-refractivity contribution in [2.45, 2.75) is 25.7 Å². The van der Waals surface area contributed by atoms with Crippen LogP contribution >= 0.6 is 0 Å². The Morgan fingerprint density at radius 3 is 2.67 bits per heavy atom. The maximum atomic E-state index is 9.76. The summed E-state index contributed by atoms with van der Waals surface area (Å²) in [5.41, 5.74) is 9.11. The minimum Gasteiger partial charge on any atom is -0.508 e. The minimum atomic E-state index is 0.453. The first-order valence-electron chi connectivity index (χ1n) is 5.53. The molecule has 0 saturated carbocycles. The van der Waals surface area contributed by atoms with E-state index in [4.69, 9.17) is 5.73 Å². The van der Waals surface area contributed by atoms with E-state index in [2.05, 4.69) is 6.08 Å². The lowest BCUT2D eigenvalue weighted by atomic mass is 9.87. The van der Waals surface area contributed by atoms with Gasteiger partial charge < -0.3 is 10.8 Å². The van der Waals surface area contributed by atoms with E-state index < -0.39 is 0 Å². The first-order valence-corrected chi connectivity index (χ1v) is 5.53. The second-order valence-electron chi connectivity index (χ2n) is 3.98. The molecule has 2 rings (SSSR count). The van der Waals surface area contributed by atoms with E-state index in [9.17, 15) is 5.11 Å². The number of hydrogen-bond donors (Lipinski definition) is 2. The van der Waals surface area contributed by atoms with Crippen LogP contribution in [0.2, 0.25) is 0 Å². The zero-order valence-electron chi connectivity index (χ0n) is 8.87. The Hall–Kier alpha value is -1.28. The van der Waals surface area contributed by atoms with Gasteiger partial charge >= 0.3 is 0 Å². The Kier molecular flexibility index (Phi) is 3.07. The van der Waals surface area contributed by atoms with E-state index in [1.165, 1.54) is 24.0 Å². The van der Waals surface area contributed by atoms with Crippen LogP contribution in [0.1, 0.15) is 29.5 Å². The molecule has 1 aliphatic carbocycles. The summed E-state index contributed by atoms with van der Waals surface area (Å²) in [5, 5.41) is 9.76. The third-order valence-electron chi connectivity index (χ3n) is 2.98. The molecule has 2 nitrogen and oxygen atoms in total. The summed E-state index contributed by atoms with van der Waals surface area (Å²) in [7, 11) is 0. The lowest BCUT2D eigenvalue weighted by Crippen LogP contribution is -2.05. The number of rotatable bonds is 2. The average molecular weight is 203 g/mol. The van der Waals surface area contributed by atoms with Gasteiger partial charge in [0, 0.05) is 6.54 Å². The summed E-state index contributed by atoms with van der Waals surface area (Å²) in [6.07, 6.45) is 8.51. The van der Waals surface area contributed by atoms with Gasteiger partial charge in [0.25, 0.3) is 0 Å². The highest BCUT2D eigenvalue weighted by Crippen LogP contribution is 2.31. The molecule has 0 aromatic heterocycles. The minimum absolute atomic E-state index is 0.453. The standard InChI is InChI=1S/C13H17NO/c14-9-3-4-10-7-8-13(15)12-6-2-1-5-11(10)12/h3-4,7-8,15H,1-2,5-6,9,14H2/b4-3+. The van der Waals surface area contributed by atoms with Crippen LogP contribution in [-0.4, -0.2) is 11.7 Å². The predicted molar refractivity (Wildman–Crippen MR) is 62.8 cm³/mol.